The molecule has 82 valence electrons. The van der Waals surface area contributed by atoms with E-state index in [0.717, 1.165) is 17.8 Å². The van der Waals surface area contributed by atoms with Crippen LogP contribution in [0.1, 0.15) is 10.4 Å². The first-order valence-electron chi connectivity index (χ1n) is 4.66. The van der Waals surface area contributed by atoms with E-state index in [-0.39, 0.29) is 38.0 Å². The van der Waals surface area contributed by atoms with Crippen LogP contribution >= 0.6 is 0 Å². The molecular weight excluding hydrogens is 222 g/mol. The first-order chi connectivity index (χ1) is 7.38. The van der Waals surface area contributed by atoms with Crippen LogP contribution in [0.2, 0.25) is 0 Å². The smallest absolute Gasteiger partial charge is 0.457 e. The van der Waals surface area contributed by atoms with Crippen LogP contribution in [0.25, 0.3) is 0 Å². The van der Waals surface area contributed by atoms with Crippen LogP contribution in [0.5, 0.6) is 11.5 Å². The van der Waals surface area contributed by atoms with E-state index in [4.69, 9.17) is 4.74 Å². The summed E-state index contributed by atoms with van der Waals surface area (Å²) in [6.45, 7) is 0. The standard InChI is InChI=1S/C13H10O2.BH4.Na/c14-10-11-6-8-13(9-7-11)15-12-4-2-1-3-5-12;;/h1-10H;1H4;/q;-1;+1. The van der Waals surface area contributed by atoms with Gasteiger partial charge in [-0.25, -0.2) is 0 Å². The van der Waals surface area contributed by atoms with Crippen molar-refractivity contribution in [1.82, 2.24) is 0 Å². The van der Waals surface area contributed by atoms with Gasteiger partial charge < -0.3 is 4.74 Å². The quantitative estimate of drug-likeness (QED) is 0.496. The van der Waals surface area contributed by atoms with Crippen LogP contribution in [0.15, 0.2) is 54.6 Å². The van der Waals surface area contributed by atoms with Crippen LogP contribution in [-0.4, -0.2) is 14.7 Å². The summed E-state index contributed by atoms with van der Waals surface area (Å²) in [5, 5.41) is 0. The van der Waals surface area contributed by atoms with Crippen LogP contribution < -0.4 is 34.3 Å². The molecule has 2 aromatic rings. The van der Waals surface area contributed by atoms with Gasteiger partial charge in [0.25, 0.3) is 0 Å². The number of hydrogen-bond donors (Lipinski definition) is 0. The van der Waals surface area contributed by atoms with E-state index >= 15 is 0 Å². The van der Waals surface area contributed by atoms with Crippen molar-refractivity contribution in [1.29, 1.82) is 0 Å². The average molecular weight is 236 g/mol. The maximum absolute atomic E-state index is 10.4. The molecule has 0 bridgehead atoms. The summed E-state index contributed by atoms with van der Waals surface area (Å²) in [5.74, 6) is 1.52. The molecule has 0 spiro atoms. The number of aldehydes is 1. The SMILES string of the molecule is O=Cc1ccc(Oc2ccccc2)cc1.[BH4-].[Na+]. The fourth-order valence-electron chi connectivity index (χ4n) is 1.24. The maximum Gasteiger partial charge on any atom is 1.00 e. The molecule has 0 aliphatic carbocycles. The number of carbonyl (C=O) groups excluding carboxylic acids is 1. The fraction of sp³-hybridized carbons (Fsp3) is 0. The van der Waals surface area contributed by atoms with Crippen molar-refractivity contribution in [2.75, 3.05) is 0 Å². The van der Waals surface area contributed by atoms with Gasteiger partial charge >= 0.3 is 29.6 Å². The van der Waals surface area contributed by atoms with E-state index in [9.17, 15) is 4.79 Å². The fourth-order valence-corrected chi connectivity index (χ4v) is 1.24. The summed E-state index contributed by atoms with van der Waals surface area (Å²) in [7, 11) is 0. The Morgan fingerprint density at radius 1 is 0.824 bits per heavy atom. The molecule has 0 saturated carbocycles. The maximum atomic E-state index is 10.4. The molecule has 0 atom stereocenters. The number of hydrogen-bond acceptors (Lipinski definition) is 2. The van der Waals surface area contributed by atoms with Gasteiger partial charge in [-0.3, -0.25) is 4.79 Å². The van der Waals surface area contributed by atoms with E-state index in [1.807, 2.05) is 30.3 Å². The zero-order chi connectivity index (χ0) is 10.5. The van der Waals surface area contributed by atoms with Gasteiger partial charge in [0.15, 0.2) is 0 Å². The second-order valence-corrected chi connectivity index (χ2v) is 3.10. The first-order valence-corrected chi connectivity index (χ1v) is 4.66. The largest absolute Gasteiger partial charge is 1.00 e. The Kier molecular flexibility index (Phi) is 7.63. The summed E-state index contributed by atoms with van der Waals surface area (Å²) >= 11 is 0. The Morgan fingerprint density at radius 3 is 1.88 bits per heavy atom. The zero-order valence-electron chi connectivity index (χ0n) is 9.09. The van der Waals surface area contributed by atoms with E-state index in [1.54, 1.807) is 24.3 Å². The van der Waals surface area contributed by atoms with Crippen molar-refractivity contribution in [3.05, 3.63) is 60.2 Å². The molecule has 0 heterocycles. The minimum atomic E-state index is 0. The number of ether oxygens (including phenoxy) is 1. The van der Waals surface area contributed by atoms with E-state index < -0.39 is 0 Å². The van der Waals surface area contributed by atoms with Gasteiger partial charge in [0.2, 0.25) is 0 Å². The Bertz CT molecular complexity index is 443. The predicted octanol–water partition coefficient (Wildman–Crippen LogP) is -1.16. The molecule has 4 heteroatoms. The third-order valence-electron chi connectivity index (χ3n) is 2.00. The molecular formula is C13H14BNaO2. The summed E-state index contributed by atoms with van der Waals surface area (Å²) in [4.78, 5) is 10.4. The van der Waals surface area contributed by atoms with Crippen LogP contribution in [0.4, 0.5) is 0 Å². The van der Waals surface area contributed by atoms with Gasteiger partial charge in [-0.2, -0.15) is 0 Å². The van der Waals surface area contributed by atoms with Crippen molar-refractivity contribution in [2.45, 2.75) is 0 Å². The van der Waals surface area contributed by atoms with Crippen LogP contribution in [0, 0.1) is 0 Å². The average Bonchev–Trinajstić information content (AvgIpc) is 2.31. The Hall–Kier alpha value is -1.03. The van der Waals surface area contributed by atoms with Gasteiger partial charge in [-0.15, -0.1) is 0 Å². The van der Waals surface area contributed by atoms with Gasteiger partial charge in [-0.05, 0) is 36.4 Å². The molecule has 0 radical (unpaired) electrons. The molecule has 2 nitrogen and oxygen atoms in total. The molecule has 0 aromatic heterocycles. The Morgan fingerprint density at radius 2 is 1.35 bits per heavy atom. The minimum Gasteiger partial charge on any atom is -0.457 e. The summed E-state index contributed by atoms with van der Waals surface area (Å²) in [5.41, 5.74) is 0.649. The van der Waals surface area contributed by atoms with Crippen molar-refractivity contribution in [3.8, 4) is 11.5 Å². The molecule has 0 unspecified atom stereocenters. The molecule has 0 fully saturated rings. The molecule has 0 aliphatic heterocycles. The van der Waals surface area contributed by atoms with Crippen molar-refractivity contribution < 1.29 is 39.1 Å². The summed E-state index contributed by atoms with van der Waals surface area (Å²) in [6, 6.07) is 16.5. The number of carbonyl (C=O) groups is 1. The third kappa shape index (κ3) is 4.78. The molecule has 2 rings (SSSR count). The predicted molar refractivity (Wildman–Crippen MR) is 69.7 cm³/mol. The monoisotopic (exact) mass is 236 g/mol. The second kappa shape index (κ2) is 8.12. The Balaban J connectivity index is 0.00000128. The molecule has 0 saturated heterocycles. The van der Waals surface area contributed by atoms with E-state index in [0.29, 0.717) is 5.56 Å². The minimum absolute atomic E-state index is 0. The number of benzene rings is 2. The van der Waals surface area contributed by atoms with Gasteiger partial charge in [-0.1, -0.05) is 26.6 Å². The normalized spacial score (nSPS) is 8.47. The van der Waals surface area contributed by atoms with E-state index in [2.05, 4.69) is 0 Å². The number of rotatable bonds is 3. The van der Waals surface area contributed by atoms with Crippen LogP contribution in [0.3, 0.4) is 0 Å². The molecule has 0 amide bonds. The molecule has 0 aliphatic rings. The summed E-state index contributed by atoms with van der Waals surface area (Å²) < 4.78 is 5.56. The second-order valence-electron chi connectivity index (χ2n) is 3.10. The van der Waals surface area contributed by atoms with Gasteiger partial charge in [0.1, 0.15) is 17.8 Å². The topological polar surface area (TPSA) is 26.3 Å². The Labute approximate surface area is 125 Å². The van der Waals surface area contributed by atoms with Gasteiger partial charge in [0.05, 0.1) is 0 Å². The third-order valence-corrected chi connectivity index (χ3v) is 2.00. The first kappa shape index (κ1) is 16.0. The van der Waals surface area contributed by atoms with E-state index in [1.165, 1.54) is 0 Å². The number of para-hydroxylation sites is 1. The molecule has 17 heavy (non-hydrogen) atoms. The van der Waals surface area contributed by atoms with Crippen molar-refractivity contribution in [2.24, 2.45) is 0 Å². The molecule has 0 N–H and O–H groups in total. The van der Waals surface area contributed by atoms with Gasteiger partial charge in [0, 0.05) is 5.56 Å². The van der Waals surface area contributed by atoms with Crippen molar-refractivity contribution >= 4 is 14.7 Å². The summed E-state index contributed by atoms with van der Waals surface area (Å²) in [6.07, 6.45) is 0.812. The molecule has 2 aromatic carbocycles. The van der Waals surface area contributed by atoms with Crippen molar-refractivity contribution in [3.63, 3.8) is 0 Å². The zero-order valence-corrected chi connectivity index (χ0v) is 11.1. The van der Waals surface area contributed by atoms with Crippen LogP contribution in [-0.2, 0) is 0 Å².